The first-order valence-electron chi connectivity index (χ1n) is 13.1. The molecule has 1 fully saturated rings. The molecule has 0 aromatic heterocycles. The first-order chi connectivity index (χ1) is 18.4. The zero-order valence-corrected chi connectivity index (χ0v) is 22.4. The lowest BCUT2D eigenvalue weighted by atomic mass is 10.0. The second-order valence-corrected chi connectivity index (χ2v) is 11.3. The van der Waals surface area contributed by atoms with Gasteiger partial charge in [-0.25, -0.2) is 8.42 Å². The molecule has 38 heavy (non-hydrogen) atoms. The van der Waals surface area contributed by atoms with Crippen molar-refractivity contribution in [2.45, 2.75) is 55.9 Å². The second-order valence-electron chi connectivity index (χ2n) is 9.58. The number of hydrogen-bond donors (Lipinski definition) is 2. The second kappa shape index (κ2) is 12.9. The highest BCUT2D eigenvalue weighted by atomic mass is 32.2. The summed E-state index contributed by atoms with van der Waals surface area (Å²) in [6.07, 6.45) is 2.43. The highest BCUT2D eigenvalue weighted by Crippen LogP contribution is 2.50. The number of ether oxygens (including phenoxy) is 2. The SMILES string of the molecule is CCCOC(=O)CCc1ccccc1OCC[C@@H](O)C1CC1c1cccc(NS(=O)(=O)c2ccccc2)c1. The summed E-state index contributed by atoms with van der Waals surface area (Å²) in [5, 5.41) is 10.8. The fraction of sp³-hybridized carbons (Fsp3) is 0.367. The van der Waals surface area contributed by atoms with E-state index >= 15 is 0 Å². The van der Waals surface area contributed by atoms with Crippen molar-refractivity contribution in [1.82, 2.24) is 0 Å². The molecule has 3 aromatic carbocycles. The molecule has 7 nitrogen and oxygen atoms in total. The molecule has 0 spiro atoms. The van der Waals surface area contributed by atoms with Crippen molar-refractivity contribution in [3.8, 4) is 5.75 Å². The number of aliphatic hydroxyl groups is 1. The van der Waals surface area contributed by atoms with Crippen molar-refractivity contribution in [3.63, 3.8) is 0 Å². The normalized spacial score (nSPS) is 17.4. The van der Waals surface area contributed by atoms with Gasteiger partial charge in [0, 0.05) is 18.5 Å². The van der Waals surface area contributed by atoms with Gasteiger partial charge in [0.25, 0.3) is 10.0 Å². The van der Waals surface area contributed by atoms with Crippen molar-refractivity contribution in [3.05, 3.63) is 90.0 Å². The van der Waals surface area contributed by atoms with E-state index < -0.39 is 16.1 Å². The van der Waals surface area contributed by atoms with Crippen LogP contribution in [-0.4, -0.2) is 38.8 Å². The Morgan fingerprint density at radius 2 is 1.79 bits per heavy atom. The number of nitrogens with one attached hydrogen (secondary N) is 1. The lowest BCUT2D eigenvalue weighted by Crippen LogP contribution is -2.15. The minimum Gasteiger partial charge on any atom is -0.493 e. The van der Waals surface area contributed by atoms with Crippen LogP contribution in [0.3, 0.4) is 0 Å². The molecule has 8 heteroatoms. The molecule has 2 unspecified atom stereocenters. The van der Waals surface area contributed by atoms with Gasteiger partial charge in [0.05, 0.1) is 24.2 Å². The summed E-state index contributed by atoms with van der Waals surface area (Å²) in [7, 11) is -3.66. The summed E-state index contributed by atoms with van der Waals surface area (Å²) < 4.78 is 39.1. The first-order valence-corrected chi connectivity index (χ1v) is 14.6. The van der Waals surface area contributed by atoms with Gasteiger partial charge in [-0.2, -0.15) is 0 Å². The molecule has 0 saturated heterocycles. The van der Waals surface area contributed by atoms with Gasteiger partial charge in [-0.1, -0.05) is 55.5 Å². The van der Waals surface area contributed by atoms with Gasteiger partial charge in [-0.3, -0.25) is 9.52 Å². The van der Waals surface area contributed by atoms with E-state index in [1.165, 1.54) is 0 Å². The smallest absolute Gasteiger partial charge is 0.306 e. The number of aliphatic hydroxyl groups excluding tert-OH is 1. The van der Waals surface area contributed by atoms with Crippen molar-refractivity contribution in [2.75, 3.05) is 17.9 Å². The third-order valence-electron chi connectivity index (χ3n) is 6.66. The third kappa shape index (κ3) is 7.58. The quantitative estimate of drug-likeness (QED) is 0.270. The lowest BCUT2D eigenvalue weighted by Gasteiger charge is -2.14. The molecule has 3 atom stereocenters. The number of hydrogen-bond acceptors (Lipinski definition) is 6. The Morgan fingerprint density at radius 1 is 1.03 bits per heavy atom. The van der Waals surface area contributed by atoms with Gasteiger partial charge in [0.1, 0.15) is 5.75 Å². The van der Waals surface area contributed by atoms with Crippen LogP contribution in [0.15, 0.2) is 83.8 Å². The van der Waals surface area contributed by atoms with Gasteiger partial charge >= 0.3 is 5.97 Å². The maximum absolute atomic E-state index is 12.7. The number of carbonyl (C=O) groups excluding carboxylic acids is 1. The van der Waals surface area contributed by atoms with Gasteiger partial charge in [-0.05, 0) is 72.6 Å². The van der Waals surface area contributed by atoms with E-state index in [0.717, 1.165) is 24.0 Å². The molecule has 3 aromatic rings. The number of benzene rings is 3. The Balaban J connectivity index is 1.27. The van der Waals surface area contributed by atoms with Gasteiger partial charge in [0.15, 0.2) is 0 Å². The van der Waals surface area contributed by atoms with Crippen LogP contribution in [0.25, 0.3) is 0 Å². The fourth-order valence-corrected chi connectivity index (χ4v) is 5.62. The summed E-state index contributed by atoms with van der Waals surface area (Å²) in [5.41, 5.74) is 2.45. The number of aryl methyl sites for hydroxylation is 1. The van der Waals surface area contributed by atoms with Crippen LogP contribution >= 0.6 is 0 Å². The van der Waals surface area contributed by atoms with Crippen LogP contribution in [0, 0.1) is 5.92 Å². The van der Waals surface area contributed by atoms with E-state index in [1.807, 2.05) is 49.4 Å². The Morgan fingerprint density at radius 3 is 2.58 bits per heavy atom. The zero-order chi connectivity index (χ0) is 27.0. The van der Waals surface area contributed by atoms with Gasteiger partial charge in [-0.15, -0.1) is 0 Å². The average Bonchev–Trinajstić information content (AvgIpc) is 3.73. The van der Waals surface area contributed by atoms with Crippen LogP contribution < -0.4 is 9.46 Å². The number of rotatable bonds is 14. The maximum Gasteiger partial charge on any atom is 0.306 e. The fourth-order valence-electron chi connectivity index (χ4n) is 4.55. The molecule has 0 aliphatic heterocycles. The van der Waals surface area contributed by atoms with E-state index in [2.05, 4.69) is 4.72 Å². The molecule has 0 radical (unpaired) electrons. The predicted octanol–water partition coefficient (Wildman–Crippen LogP) is 5.31. The molecule has 4 rings (SSSR count). The third-order valence-corrected chi connectivity index (χ3v) is 8.06. The first kappa shape index (κ1) is 27.7. The van der Waals surface area contributed by atoms with Gasteiger partial charge in [0.2, 0.25) is 0 Å². The minimum absolute atomic E-state index is 0.100. The maximum atomic E-state index is 12.7. The molecular weight excluding hydrogens is 502 g/mol. The standard InChI is InChI=1S/C30H35NO6S/c1-2-18-37-30(33)16-15-22-9-6-7-14-29(22)36-19-17-28(32)27-21-26(27)23-10-8-11-24(20-23)31-38(34,35)25-12-4-3-5-13-25/h3-14,20,26-28,31-32H,2,15-19,21H2,1H3/t26?,27?,28-/m1/s1. The Hall–Kier alpha value is -3.36. The Bertz CT molecular complexity index is 1310. The molecule has 0 bridgehead atoms. The monoisotopic (exact) mass is 537 g/mol. The summed E-state index contributed by atoms with van der Waals surface area (Å²) in [5.74, 6) is 0.776. The molecule has 0 amide bonds. The van der Waals surface area contributed by atoms with Crippen molar-refractivity contribution in [2.24, 2.45) is 5.92 Å². The predicted molar refractivity (Wildman–Crippen MR) is 147 cm³/mol. The van der Waals surface area contributed by atoms with Gasteiger partial charge < -0.3 is 14.6 Å². The molecule has 1 aliphatic rings. The highest BCUT2D eigenvalue weighted by Gasteiger charge is 2.43. The van der Waals surface area contributed by atoms with Crippen LogP contribution in [0.2, 0.25) is 0 Å². The van der Waals surface area contributed by atoms with Crippen LogP contribution in [0.5, 0.6) is 5.75 Å². The summed E-state index contributed by atoms with van der Waals surface area (Å²) in [4.78, 5) is 12.1. The highest BCUT2D eigenvalue weighted by molar-refractivity contribution is 7.92. The summed E-state index contributed by atoms with van der Waals surface area (Å²) in [6.45, 7) is 2.76. The minimum atomic E-state index is -3.66. The van der Waals surface area contributed by atoms with Crippen LogP contribution in [0.1, 0.15) is 49.7 Å². The lowest BCUT2D eigenvalue weighted by molar-refractivity contribution is -0.143. The molecule has 1 aliphatic carbocycles. The van der Waals surface area contributed by atoms with E-state index in [9.17, 15) is 18.3 Å². The molecule has 2 N–H and O–H groups in total. The van der Waals surface area contributed by atoms with Crippen molar-refractivity contribution >= 4 is 21.7 Å². The molecule has 1 saturated carbocycles. The topological polar surface area (TPSA) is 102 Å². The van der Waals surface area contributed by atoms with E-state index in [1.54, 1.807) is 36.4 Å². The molecule has 0 heterocycles. The Labute approximate surface area is 224 Å². The largest absolute Gasteiger partial charge is 0.493 e. The summed E-state index contributed by atoms with van der Waals surface area (Å²) in [6, 6.07) is 23.3. The Kier molecular flexibility index (Phi) is 9.42. The number of esters is 1. The van der Waals surface area contributed by atoms with E-state index in [-0.39, 0.29) is 22.7 Å². The van der Waals surface area contributed by atoms with Crippen molar-refractivity contribution < 1.29 is 27.8 Å². The molecule has 202 valence electrons. The van der Waals surface area contributed by atoms with E-state index in [0.29, 0.717) is 43.9 Å². The molecular formula is C30H35NO6S. The number of para-hydroxylation sites is 1. The van der Waals surface area contributed by atoms with Crippen molar-refractivity contribution in [1.29, 1.82) is 0 Å². The van der Waals surface area contributed by atoms with E-state index in [4.69, 9.17) is 9.47 Å². The average molecular weight is 538 g/mol. The zero-order valence-electron chi connectivity index (χ0n) is 21.6. The number of anilines is 1. The van der Waals surface area contributed by atoms with Crippen LogP contribution in [0.4, 0.5) is 5.69 Å². The summed E-state index contributed by atoms with van der Waals surface area (Å²) >= 11 is 0. The number of sulfonamides is 1. The van der Waals surface area contributed by atoms with Crippen LogP contribution in [-0.2, 0) is 26.0 Å². The number of carbonyl (C=O) groups is 1.